The number of hydrogen-bond donors (Lipinski definition) is 0. The summed E-state index contributed by atoms with van der Waals surface area (Å²) in [6.07, 6.45) is 0.206. The highest BCUT2D eigenvalue weighted by molar-refractivity contribution is 5.75. The van der Waals surface area contributed by atoms with E-state index in [4.69, 9.17) is 18.9 Å². The minimum absolute atomic E-state index is 0.0184. The van der Waals surface area contributed by atoms with Crippen molar-refractivity contribution in [1.29, 1.82) is 0 Å². The van der Waals surface area contributed by atoms with Crippen LogP contribution in [0.1, 0.15) is 33.6 Å². The molecule has 0 saturated carbocycles. The number of esters is 1. The van der Waals surface area contributed by atoms with Crippen molar-refractivity contribution < 1.29 is 23.7 Å². The molecule has 0 rings (SSSR count). The molecule has 0 radical (unpaired) electrons. The van der Waals surface area contributed by atoms with Crippen LogP contribution in [0, 0.1) is 0 Å². The summed E-state index contributed by atoms with van der Waals surface area (Å²) in [5.41, 5.74) is 0.938. The number of carbonyl (C=O) groups excluding carboxylic acids is 1. The quantitative estimate of drug-likeness (QED) is 0.342. The van der Waals surface area contributed by atoms with E-state index in [0.29, 0.717) is 13.0 Å². The molecule has 0 amide bonds. The van der Waals surface area contributed by atoms with Gasteiger partial charge < -0.3 is 18.9 Å². The summed E-state index contributed by atoms with van der Waals surface area (Å²) in [6.45, 7) is 9.65. The second-order valence-electron chi connectivity index (χ2n) is 3.80. The number of carbonyl (C=O) groups is 1. The second kappa shape index (κ2) is 10.1. The molecule has 0 spiro atoms. The first-order valence-electron chi connectivity index (χ1n) is 6.14. The van der Waals surface area contributed by atoms with Crippen molar-refractivity contribution in [1.82, 2.24) is 0 Å². The summed E-state index contributed by atoms with van der Waals surface area (Å²) in [6, 6.07) is 0. The Hall–Kier alpha value is -0.910. The third-order valence-corrected chi connectivity index (χ3v) is 2.43. The average molecular weight is 260 g/mol. The molecule has 0 bridgehead atoms. The van der Waals surface area contributed by atoms with Gasteiger partial charge in [0.25, 0.3) is 0 Å². The van der Waals surface area contributed by atoms with Crippen LogP contribution in [0.5, 0.6) is 0 Å². The molecular formula is C13H24O5. The van der Waals surface area contributed by atoms with Crippen molar-refractivity contribution in [2.75, 3.05) is 20.5 Å². The Bertz CT molecular complexity index is 252. The van der Waals surface area contributed by atoms with Crippen molar-refractivity contribution >= 4 is 5.97 Å². The van der Waals surface area contributed by atoms with Crippen molar-refractivity contribution in [3.05, 3.63) is 12.2 Å². The Morgan fingerprint density at radius 1 is 1.28 bits per heavy atom. The zero-order valence-corrected chi connectivity index (χ0v) is 11.7. The molecule has 0 aromatic rings. The van der Waals surface area contributed by atoms with Gasteiger partial charge in [-0.3, -0.25) is 0 Å². The monoisotopic (exact) mass is 260 g/mol. The zero-order valence-electron chi connectivity index (χ0n) is 11.7. The molecule has 106 valence electrons. The third kappa shape index (κ3) is 7.42. The van der Waals surface area contributed by atoms with E-state index in [2.05, 4.69) is 6.58 Å². The molecule has 0 fully saturated rings. The largest absolute Gasteiger partial charge is 0.464 e. The predicted octanol–water partition coefficient (Wildman–Crippen LogP) is 2.26. The van der Waals surface area contributed by atoms with Gasteiger partial charge in [-0.2, -0.15) is 0 Å². The first-order valence-corrected chi connectivity index (χ1v) is 6.14. The highest BCUT2D eigenvalue weighted by Gasteiger charge is 2.21. The van der Waals surface area contributed by atoms with Crippen LogP contribution in [-0.4, -0.2) is 38.9 Å². The summed E-state index contributed by atoms with van der Waals surface area (Å²) >= 11 is 0. The molecule has 0 aromatic heterocycles. The lowest BCUT2D eigenvalue weighted by Gasteiger charge is -2.18. The van der Waals surface area contributed by atoms with Gasteiger partial charge in [-0.25, -0.2) is 4.79 Å². The lowest BCUT2D eigenvalue weighted by molar-refractivity contribution is -0.198. The maximum atomic E-state index is 11.7. The van der Waals surface area contributed by atoms with Crippen LogP contribution < -0.4 is 0 Å². The fourth-order valence-corrected chi connectivity index (χ4v) is 1.14. The molecule has 0 aromatic carbocycles. The minimum Gasteiger partial charge on any atom is -0.464 e. The Kier molecular flexibility index (Phi) is 9.55. The lowest BCUT2D eigenvalue weighted by atomic mass is 10.1. The summed E-state index contributed by atoms with van der Waals surface area (Å²) < 4.78 is 20.4. The normalized spacial score (nSPS) is 14.0. The molecule has 18 heavy (non-hydrogen) atoms. The minimum atomic E-state index is -0.665. The highest BCUT2D eigenvalue weighted by atomic mass is 16.7. The molecule has 0 aliphatic heterocycles. The summed E-state index contributed by atoms with van der Waals surface area (Å²) in [5, 5.41) is 0. The van der Waals surface area contributed by atoms with E-state index in [1.807, 2.05) is 6.92 Å². The molecular weight excluding hydrogens is 236 g/mol. The number of ether oxygens (including phenoxy) is 4. The fourth-order valence-electron chi connectivity index (χ4n) is 1.14. The van der Waals surface area contributed by atoms with Gasteiger partial charge in [0.15, 0.2) is 19.2 Å². The van der Waals surface area contributed by atoms with E-state index in [9.17, 15) is 4.79 Å². The fraction of sp³-hybridized carbons (Fsp3) is 0.769. The molecule has 5 nitrogen and oxygen atoms in total. The van der Waals surface area contributed by atoms with Crippen LogP contribution in [0.3, 0.4) is 0 Å². The molecule has 0 N–H and O–H groups in total. The van der Waals surface area contributed by atoms with Gasteiger partial charge in [0, 0.05) is 13.5 Å². The second-order valence-corrected chi connectivity index (χ2v) is 3.80. The number of rotatable bonds is 10. The van der Waals surface area contributed by atoms with Gasteiger partial charge in [-0.05, 0) is 20.3 Å². The van der Waals surface area contributed by atoms with Crippen LogP contribution in [0.4, 0.5) is 0 Å². The van der Waals surface area contributed by atoms with Crippen LogP contribution >= 0.6 is 0 Å². The highest BCUT2D eigenvalue weighted by Crippen LogP contribution is 2.12. The van der Waals surface area contributed by atoms with E-state index in [0.717, 1.165) is 12.0 Å². The van der Waals surface area contributed by atoms with Gasteiger partial charge in [0.1, 0.15) is 0 Å². The molecule has 5 heteroatoms. The molecule has 0 aliphatic rings. The van der Waals surface area contributed by atoms with E-state index >= 15 is 0 Å². The van der Waals surface area contributed by atoms with E-state index in [1.165, 1.54) is 7.11 Å². The molecule has 2 unspecified atom stereocenters. The van der Waals surface area contributed by atoms with Gasteiger partial charge in [0.2, 0.25) is 0 Å². The standard InChI is InChI=1S/C13H24O5/c1-6-10(3)8-12(13(14)16-7-2)18-9-17-11(4)15-5/h11-12H,3,6-9H2,1-2,4-5H3. The van der Waals surface area contributed by atoms with Crippen LogP contribution in [-0.2, 0) is 23.7 Å². The maximum absolute atomic E-state index is 11.7. The van der Waals surface area contributed by atoms with Gasteiger partial charge >= 0.3 is 5.97 Å². The lowest BCUT2D eigenvalue weighted by Crippen LogP contribution is -2.29. The van der Waals surface area contributed by atoms with E-state index in [-0.39, 0.29) is 19.1 Å². The molecule has 0 saturated heterocycles. The Balaban J connectivity index is 4.20. The summed E-state index contributed by atoms with van der Waals surface area (Å²) in [5.74, 6) is -0.388. The average Bonchev–Trinajstić information content (AvgIpc) is 2.37. The molecule has 0 aliphatic carbocycles. The smallest absolute Gasteiger partial charge is 0.335 e. The third-order valence-electron chi connectivity index (χ3n) is 2.43. The van der Waals surface area contributed by atoms with Crippen molar-refractivity contribution in [3.8, 4) is 0 Å². The maximum Gasteiger partial charge on any atom is 0.335 e. The molecule has 2 atom stereocenters. The first kappa shape index (κ1) is 17.1. The number of methoxy groups -OCH3 is 1. The first-order chi connectivity index (χ1) is 8.54. The van der Waals surface area contributed by atoms with E-state index < -0.39 is 6.10 Å². The Labute approximate surface area is 109 Å². The van der Waals surface area contributed by atoms with Crippen molar-refractivity contribution in [2.24, 2.45) is 0 Å². The summed E-state index contributed by atoms with van der Waals surface area (Å²) in [7, 11) is 1.53. The Morgan fingerprint density at radius 3 is 2.44 bits per heavy atom. The van der Waals surface area contributed by atoms with Gasteiger partial charge in [0.05, 0.1) is 6.61 Å². The van der Waals surface area contributed by atoms with Crippen LogP contribution in [0.25, 0.3) is 0 Å². The van der Waals surface area contributed by atoms with Crippen LogP contribution in [0.2, 0.25) is 0 Å². The zero-order chi connectivity index (χ0) is 14.0. The SMILES string of the molecule is C=C(CC)CC(OCOC(C)OC)C(=O)OCC. The van der Waals surface area contributed by atoms with Crippen molar-refractivity contribution in [3.63, 3.8) is 0 Å². The topological polar surface area (TPSA) is 54.0 Å². The summed E-state index contributed by atoms with van der Waals surface area (Å²) in [4.78, 5) is 11.7. The number of hydrogen-bond acceptors (Lipinski definition) is 5. The van der Waals surface area contributed by atoms with Gasteiger partial charge in [-0.1, -0.05) is 19.1 Å². The van der Waals surface area contributed by atoms with Crippen LogP contribution in [0.15, 0.2) is 12.2 Å². The van der Waals surface area contributed by atoms with E-state index in [1.54, 1.807) is 13.8 Å². The van der Waals surface area contributed by atoms with Crippen molar-refractivity contribution in [2.45, 2.75) is 46.0 Å². The molecule has 0 heterocycles. The Morgan fingerprint density at radius 2 is 1.94 bits per heavy atom. The predicted molar refractivity (Wildman–Crippen MR) is 68.0 cm³/mol. The van der Waals surface area contributed by atoms with Gasteiger partial charge in [-0.15, -0.1) is 0 Å².